The summed E-state index contributed by atoms with van der Waals surface area (Å²) < 4.78 is 6.51. The maximum atomic E-state index is 12.2. The summed E-state index contributed by atoms with van der Waals surface area (Å²) in [6.45, 7) is 19.3. The molecule has 0 saturated heterocycles. The standard InChI is InChI=1S/C35H33N2OSi.C15H28O2.Ir/c1-39(2,3)25-17-19-32-30(21-25)29(23-11-6-4-7-12-23)22-33(36-32)28-16-10-15-26-27-18-20-31(24-13-8-5-9-14-24)37-35(27)38-34(26)28;1-7-14(5,8-2)12(16)11-13(17)15(6,9-3)10-4;/h4,6-7,10-12,15,17-22,24H,5,8-9,13-14H2,1-3H3;11,16H,7-10H2,1-6H3;/q-1;;/b;12-11-;. The SMILES string of the molecule is CCC(C)(CC)C(=O)/C=C(\O)C(C)(CC)CC.C[Si](C)(C)c1ccc2nc(-c3[c-]ccc4c3oc3nc(C5CCCCC5)ccc34)cc(-c3ccccc3)c2c1.[Ir]. The van der Waals surface area contributed by atoms with Crippen molar-refractivity contribution in [2.24, 2.45) is 10.8 Å². The van der Waals surface area contributed by atoms with Crippen LogP contribution in [0.3, 0.4) is 0 Å². The largest absolute Gasteiger partial charge is 0.512 e. The Hall–Kier alpha value is -3.90. The Morgan fingerprint density at radius 3 is 2.12 bits per heavy atom. The van der Waals surface area contributed by atoms with E-state index in [9.17, 15) is 9.90 Å². The van der Waals surface area contributed by atoms with Crippen molar-refractivity contribution in [2.45, 2.75) is 125 Å². The van der Waals surface area contributed by atoms with Crippen LogP contribution in [0.15, 0.2) is 95.1 Å². The molecule has 3 heterocycles. The van der Waals surface area contributed by atoms with Crippen molar-refractivity contribution in [3.8, 4) is 22.4 Å². The number of aliphatic hydroxyl groups excluding tert-OH is 1. The van der Waals surface area contributed by atoms with Crippen LogP contribution < -0.4 is 5.19 Å². The molecular formula is C50H61IrN2O3Si-. The first-order valence-electron chi connectivity index (χ1n) is 21.0. The quantitative estimate of drug-likeness (QED) is 0.0606. The number of aliphatic hydroxyl groups is 1. The van der Waals surface area contributed by atoms with Gasteiger partial charge in [0.25, 0.3) is 0 Å². The van der Waals surface area contributed by atoms with Crippen LogP contribution in [0, 0.1) is 16.9 Å². The van der Waals surface area contributed by atoms with Gasteiger partial charge < -0.3 is 9.52 Å². The van der Waals surface area contributed by atoms with Gasteiger partial charge in [-0.05, 0) is 73.5 Å². The van der Waals surface area contributed by atoms with Crippen molar-refractivity contribution in [3.63, 3.8) is 0 Å². The van der Waals surface area contributed by atoms with Crippen molar-refractivity contribution >= 4 is 52.0 Å². The number of benzene rings is 3. The molecule has 0 unspecified atom stereocenters. The van der Waals surface area contributed by atoms with Gasteiger partial charge in [0.2, 0.25) is 5.71 Å². The normalized spacial score (nSPS) is 14.4. The van der Waals surface area contributed by atoms with Crippen LogP contribution in [-0.4, -0.2) is 28.9 Å². The van der Waals surface area contributed by atoms with Gasteiger partial charge in [-0.15, -0.1) is 18.2 Å². The second-order valence-electron chi connectivity index (χ2n) is 17.5. The predicted molar refractivity (Wildman–Crippen MR) is 238 cm³/mol. The average molecular weight is 958 g/mol. The van der Waals surface area contributed by atoms with Crippen molar-refractivity contribution in [3.05, 3.63) is 102 Å². The van der Waals surface area contributed by atoms with Gasteiger partial charge in [0, 0.05) is 59.4 Å². The smallest absolute Gasteiger partial charge is 0.216 e. The number of hydrogen-bond acceptors (Lipinski definition) is 5. The van der Waals surface area contributed by atoms with Crippen LogP contribution >= 0.6 is 0 Å². The van der Waals surface area contributed by atoms with Gasteiger partial charge in [-0.1, -0.05) is 145 Å². The van der Waals surface area contributed by atoms with Crippen LogP contribution in [0.25, 0.3) is 55.4 Å². The van der Waals surface area contributed by atoms with Gasteiger partial charge >= 0.3 is 0 Å². The Morgan fingerprint density at radius 2 is 1.49 bits per heavy atom. The Balaban J connectivity index is 0.000000295. The number of allylic oxidation sites excluding steroid dienone is 2. The summed E-state index contributed by atoms with van der Waals surface area (Å²) in [5.41, 5.74) is 7.23. The van der Waals surface area contributed by atoms with E-state index in [4.69, 9.17) is 14.4 Å². The van der Waals surface area contributed by atoms with Gasteiger partial charge in [0.05, 0.1) is 19.2 Å². The summed E-state index contributed by atoms with van der Waals surface area (Å²) in [4.78, 5) is 22.4. The number of carbonyl (C=O) groups excluding carboxylic acids is 1. The number of fused-ring (bicyclic) bond motifs is 4. The summed E-state index contributed by atoms with van der Waals surface area (Å²) in [6.07, 6.45) is 11.1. The molecule has 1 radical (unpaired) electrons. The van der Waals surface area contributed by atoms with E-state index >= 15 is 0 Å². The fraction of sp³-hybridized carbons (Fsp3) is 0.420. The molecule has 1 fully saturated rings. The first-order chi connectivity index (χ1) is 26.7. The summed E-state index contributed by atoms with van der Waals surface area (Å²) in [5.74, 6) is 0.827. The first kappa shape index (κ1) is 44.2. The molecule has 7 heteroatoms. The fourth-order valence-electron chi connectivity index (χ4n) is 7.81. The van der Waals surface area contributed by atoms with Crippen molar-refractivity contribution in [1.82, 2.24) is 9.97 Å². The van der Waals surface area contributed by atoms with E-state index in [0.29, 0.717) is 5.92 Å². The molecule has 0 amide bonds. The van der Waals surface area contributed by atoms with Gasteiger partial charge in [0.15, 0.2) is 5.78 Å². The third-order valence-electron chi connectivity index (χ3n) is 13.0. The molecule has 1 saturated carbocycles. The molecule has 0 bridgehead atoms. The van der Waals surface area contributed by atoms with Gasteiger partial charge in [-0.3, -0.25) is 9.78 Å². The summed E-state index contributed by atoms with van der Waals surface area (Å²) in [6, 6.07) is 31.6. The molecule has 1 N–H and O–H groups in total. The molecule has 0 atom stereocenters. The van der Waals surface area contributed by atoms with E-state index in [1.807, 2.05) is 47.6 Å². The van der Waals surface area contributed by atoms with Crippen LogP contribution in [0.1, 0.15) is 111 Å². The number of aromatic nitrogens is 2. The topological polar surface area (TPSA) is 76.2 Å². The zero-order valence-electron chi connectivity index (χ0n) is 35.5. The van der Waals surface area contributed by atoms with Crippen molar-refractivity contribution in [1.29, 1.82) is 0 Å². The van der Waals surface area contributed by atoms with E-state index in [2.05, 4.69) is 98.5 Å². The van der Waals surface area contributed by atoms with Crippen molar-refractivity contribution in [2.75, 3.05) is 0 Å². The maximum Gasteiger partial charge on any atom is 0.216 e. The Labute approximate surface area is 355 Å². The summed E-state index contributed by atoms with van der Waals surface area (Å²) >= 11 is 0. The maximum absolute atomic E-state index is 12.2. The minimum atomic E-state index is -1.48. The number of furan rings is 1. The third kappa shape index (κ3) is 9.37. The molecule has 1 aliphatic rings. The van der Waals surface area contributed by atoms with E-state index in [1.165, 1.54) is 65.6 Å². The number of ketones is 1. The zero-order valence-corrected chi connectivity index (χ0v) is 38.9. The van der Waals surface area contributed by atoms with Crippen LogP contribution in [0.4, 0.5) is 0 Å². The number of nitrogens with zero attached hydrogens (tertiary/aromatic N) is 2. The van der Waals surface area contributed by atoms with E-state index in [-0.39, 0.29) is 42.5 Å². The molecule has 1 aliphatic carbocycles. The first-order valence-corrected chi connectivity index (χ1v) is 24.5. The van der Waals surface area contributed by atoms with E-state index < -0.39 is 8.07 Å². The minimum Gasteiger partial charge on any atom is -0.512 e. The second kappa shape index (κ2) is 18.3. The molecule has 7 rings (SSSR count). The van der Waals surface area contributed by atoms with E-state index in [1.54, 1.807) is 0 Å². The number of rotatable bonds is 11. The number of carbonyl (C=O) groups is 1. The van der Waals surface area contributed by atoms with Crippen molar-refractivity contribution < 1.29 is 34.4 Å². The zero-order chi connectivity index (χ0) is 40.3. The summed E-state index contributed by atoms with van der Waals surface area (Å²) in [5, 5.41) is 14.9. The molecule has 3 aromatic carbocycles. The summed E-state index contributed by atoms with van der Waals surface area (Å²) in [7, 11) is -1.48. The van der Waals surface area contributed by atoms with E-state index in [0.717, 1.165) is 64.5 Å². The molecule has 57 heavy (non-hydrogen) atoms. The molecule has 0 spiro atoms. The Kier molecular flexibility index (Phi) is 14.2. The predicted octanol–water partition coefficient (Wildman–Crippen LogP) is 13.9. The van der Waals surface area contributed by atoms with Gasteiger partial charge in [-0.25, -0.2) is 4.98 Å². The minimum absolute atomic E-state index is 0. The Bertz CT molecular complexity index is 2340. The van der Waals surface area contributed by atoms with Crippen LogP contribution in [0.2, 0.25) is 19.6 Å². The Morgan fingerprint density at radius 1 is 0.825 bits per heavy atom. The molecule has 6 aromatic rings. The monoisotopic (exact) mass is 958 g/mol. The second-order valence-corrected chi connectivity index (χ2v) is 22.5. The van der Waals surface area contributed by atoms with Crippen LogP contribution in [-0.2, 0) is 24.9 Å². The van der Waals surface area contributed by atoms with Gasteiger partial charge in [-0.2, -0.15) is 0 Å². The third-order valence-corrected chi connectivity index (χ3v) is 15.0. The molecule has 303 valence electrons. The molecule has 0 aliphatic heterocycles. The molecular weight excluding hydrogens is 897 g/mol. The molecule has 5 nitrogen and oxygen atoms in total. The number of hydrogen-bond donors (Lipinski definition) is 1. The van der Waals surface area contributed by atoms with Gasteiger partial charge in [0.1, 0.15) is 5.76 Å². The van der Waals surface area contributed by atoms with Crippen LogP contribution in [0.5, 0.6) is 0 Å². The number of pyridine rings is 2. The average Bonchev–Trinajstić information content (AvgIpc) is 3.61. The fourth-order valence-corrected chi connectivity index (χ4v) is 8.97. The molecule has 3 aromatic heterocycles.